The normalized spacial score (nSPS) is 18.5. The van der Waals surface area contributed by atoms with Crippen molar-refractivity contribution in [3.63, 3.8) is 0 Å². The summed E-state index contributed by atoms with van der Waals surface area (Å²) in [6.07, 6.45) is 6.87. The molecule has 0 N–H and O–H groups in total. The van der Waals surface area contributed by atoms with E-state index in [0.717, 1.165) is 5.75 Å². The van der Waals surface area contributed by atoms with Gasteiger partial charge in [0.05, 0.1) is 6.10 Å². The third-order valence-electron chi connectivity index (χ3n) is 2.53. The van der Waals surface area contributed by atoms with Crippen LogP contribution in [0.1, 0.15) is 32.1 Å². The first-order valence-electron chi connectivity index (χ1n) is 5.08. The van der Waals surface area contributed by atoms with Gasteiger partial charge in [0.15, 0.2) is 0 Å². The highest BCUT2D eigenvalue weighted by atomic mass is 16.5. The van der Waals surface area contributed by atoms with Gasteiger partial charge in [0.2, 0.25) is 0 Å². The van der Waals surface area contributed by atoms with Crippen LogP contribution in [0.4, 0.5) is 0 Å². The van der Waals surface area contributed by atoms with Crippen LogP contribution in [0.3, 0.4) is 0 Å². The lowest BCUT2D eigenvalue weighted by Gasteiger charge is -2.22. The molecule has 1 fully saturated rings. The molecule has 13 heavy (non-hydrogen) atoms. The molecule has 1 aliphatic carbocycles. The Morgan fingerprint density at radius 3 is 2.69 bits per heavy atom. The monoisotopic (exact) mass is 175 g/mol. The second kappa shape index (κ2) is 4.31. The van der Waals surface area contributed by atoms with Crippen molar-refractivity contribution in [3.05, 3.63) is 30.3 Å². The fourth-order valence-electron chi connectivity index (χ4n) is 1.81. The Hall–Kier alpha value is -0.980. The molecule has 1 saturated carbocycles. The zero-order chi connectivity index (χ0) is 8.93. The number of rotatable bonds is 2. The van der Waals surface area contributed by atoms with E-state index in [9.17, 15) is 0 Å². The zero-order valence-corrected chi connectivity index (χ0v) is 7.83. The van der Waals surface area contributed by atoms with E-state index in [1.54, 1.807) is 0 Å². The van der Waals surface area contributed by atoms with E-state index in [2.05, 4.69) is 6.07 Å². The molecular weight excluding hydrogens is 160 g/mol. The zero-order valence-electron chi connectivity index (χ0n) is 7.83. The quantitative estimate of drug-likeness (QED) is 0.670. The molecule has 0 spiro atoms. The molecule has 1 aromatic rings. The smallest absolute Gasteiger partial charge is 0.127 e. The molecule has 0 amide bonds. The lowest BCUT2D eigenvalue weighted by Crippen LogP contribution is -2.19. The maximum atomic E-state index is 5.80. The summed E-state index contributed by atoms with van der Waals surface area (Å²) in [6.45, 7) is 0. The summed E-state index contributed by atoms with van der Waals surface area (Å²) >= 11 is 0. The van der Waals surface area contributed by atoms with Crippen LogP contribution >= 0.6 is 0 Å². The highest BCUT2D eigenvalue weighted by Crippen LogP contribution is 2.22. The van der Waals surface area contributed by atoms with E-state index >= 15 is 0 Å². The fourth-order valence-corrected chi connectivity index (χ4v) is 1.81. The van der Waals surface area contributed by atoms with Gasteiger partial charge in [-0.3, -0.25) is 0 Å². The van der Waals surface area contributed by atoms with Gasteiger partial charge >= 0.3 is 0 Å². The lowest BCUT2D eigenvalue weighted by molar-refractivity contribution is 0.154. The molecule has 0 atom stereocenters. The maximum absolute atomic E-state index is 5.80. The highest BCUT2D eigenvalue weighted by molar-refractivity contribution is 5.19. The molecule has 69 valence electrons. The van der Waals surface area contributed by atoms with Crippen molar-refractivity contribution in [3.8, 4) is 5.75 Å². The van der Waals surface area contributed by atoms with E-state index in [4.69, 9.17) is 4.74 Å². The first-order valence-corrected chi connectivity index (χ1v) is 5.08. The maximum Gasteiger partial charge on any atom is 0.127 e. The predicted molar refractivity (Wildman–Crippen MR) is 52.8 cm³/mol. The average Bonchev–Trinajstić information content (AvgIpc) is 2.21. The molecule has 1 nitrogen and oxygen atoms in total. The molecule has 0 heterocycles. The molecular formula is C12H15O. The summed E-state index contributed by atoms with van der Waals surface area (Å²) in [4.78, 5) is 0. The number of hydrogen-bond donors (Lipinski definition) is 0. The van der Waals surface area contributed by atoms with Crippen LogP contribution in [-0.4, -0.2) is 6.10 Å². The van der Waals surface area contributed by atoms with Crippen molar-refractivity contribution in [2.45, 2.75) is 38.2 Å². The molecule has 1 aromatic carbocycles. The summed E-state index contributed by atoms with van der Waals surface area (Å²) in [6, 6.07) is 10.9. The minimum Gasteiger partial charge on any atom is -0.490 e. The van der Waals surface area contributed by atoms with Crippen molar-refractivity contribution in [1.29, 1.82) is 0 Å². The van der Waals surface area contributed by atoms with Gasteiger partial charge in [0.25, 0.3) is 0 Å². The molecule has 0 aliphatic heterocycles. The summed E-state index contributed by atoms with van der Waals surface area (Å²) in [7, 11) is 0. The van der Waals surface area contributed by atoms with Gasteiger partial charge in [-0.25, -0.2) is 0 Å². The van der Waals surface area contributed by atoms with E-state index in [-0.39, 0.29) is 0 Å². The van der Waals surface area contributed by atoms with Gasteiger partial charge < -0.3 is 4.74 Å². The molecule has 0 bridgehead atoms. The standard InChI is InChI=1S/C12H15O/c1-3-7-11(8-4-1)13-12-9-5-2-6-10-12/h1,3-4,7,12H,2,5-6,9-10H2. The molecule has 1 radical (unpaired) electrons. The van der Waals surface area contributed by atoms with Crippen LogP contribution in [-0.2, 0) is 0 Å². The van der Waals surface area contributed by atoms with Crippen LogP contribution in [0, 0.1) is 6.07 Å². The van der Waals surface area contributed by atoms with E-state index in [0.29, 0.717) is 6.10 Å². The summed E-state index contributed by atoms with van der Waals surface area (Å²) in [5.74, 6) is 0.898. The van der Waals surface area contributed by atoms with Crippen LogP contribution in [0.25, 0.3) is 0 Å². The van der Waals surface area contributed by atoms with Crippen LogP contribution < -0.4 is 4.74 Å². The second-order valence-corrected chi connectivity index (χ2v) is 3.60. The Kier molecular flexibility index (Phi) is 2.86. The molecule has 0 aromatic heterocycles. The largest absolute Gasteiger partial charge is 0.490 e. The number of hydrogen-bond acceptors (Lipinski definition) is 1. The van der Waals surface area contributed by atoms with Crippen molar-refractivity contribution >= 4 is 0 Å². The van der Waals surface area contributed by atoms with Gasteiger partial charge in [-0.15, -0.1) is 0 Å². The predicted octanol–water partition coefficient (Wildman–Crippen LogP) is 3.20. The summed E-state index contributed by atoms with van der Waals surface area (Å²) in [5, 5.41) is 0. The Labute approximate surface area is 79.7 Å². The summed E-state index contributed by atoms with van der Waals surface area (Å²) < 4.78 is 5.80. The Balaban J connectivity index is 1.90. The number of para-hydroxylation sites is 1. The Morgan fingerprint density at radius 1 is 1.15 bits per heavy atom. The van der Waals surface area contributed by atoms with Crippen LogP contribution in [0.15, 0.2) is 24.3 Å². The molecule has 0 unspecified atom stereocenters. The molecule has 1 aliphatic rings. The minimum absolute atomic E-state index is 0.437. The van der Waals surface area contributed by atoms with Gasteiger partial charge in [0.1, 0.15) is 5.75 Å². The lowest BCUT2D eigenvalue weighted by atomic mass is 9.98. The van der Waals surface area contributed by atoms with Gasteiger partial charge in [-0.1, -0.05) is 24.6 Å². The van der Waals surface area contributed by atoms with Crippen LogP contribution in [0.5, 0.6) is 5.75 Å². The topological polar surface area (TPSA) is 9.23 Å². The van der Waals surface area contributed by atoms with Crippen molar-refractivity contribution < 1.29 is 4.74 Å². The van der Waals surface area contributed by atoms with Gasteiger partial charge in [0, 0.05) is 6.07 Å². The Morgan fingerprint density at radius 2 is 2.00 bits per heavy atom. The second-order valence-electron chi connectivity index (χ2n) is 3.60. The first kappa shape index (κ1) is 8.61. The average molecular weight is 175 g/mol. The third-order valence-corrected chi connectivity index (χ3v) is 2.53. The highest BCUT2D eigenvalue weighted by Gasteiger charge is 2.14. The van der Waals surface area contributed by atoms with Gasteiger partial charge in [-0.05, 0) is 31.7 Å². The summed E-state index contributed by atoms with van der Waals surface area (Å²) in [5.41, 5.74) is 0. The third kappa shape index (κ3) is 2.48. The van der Waals surface area contributed by atoms with Crippen LogP contribution in [0.2, 0.25) is 0 Å². The minimum atomic E-state index is 0.437. The van der Waals surface area contributed by atoms with E-state index < -0.39 is 0 Å². The number of benzene rings is 1. The Bertz CT molecular complexity index is 237. The van der Waals surface area contributed by atoms with E-state index in [1.807, 2.05) is 24.3 Å². The molecule has 0 saturated heterocycles. The van der Waals surface area contributed by atoms with E-state index in [1.165, 1.54) is 32.1 Å². The molecule has 2 rings (SSSR count). The van der Waals surface area contributed by atoms with Crippen molar-refractivity contribution in [2.75, 3.05) is 0 Å². The first-order chi connectivity index (χ1) is 6.45. The van der Waals surface area contributed by atoms with Gasteiger partial charge in [-0.2, -0.15) is 0 Å². The van der Waals surface area contributed by atoms with Crippen molar-refractivity contribution in [1.82, 2.24) is 0 Å². The van der Waals surface area contributed by atoms with Crippen molar-refractivity contribution in [2.24, 2.45) is 0 Å². The molecule has 1 heteroatoms. The SMILES string of the molecule is [c]1ccccc1OC1CCCCC1. The fraction of sp³-hybridized carbons (Fsp3) is 0.500. The number of ether oxygens (including phenoxy) is 1.